The normalized spacial score (nSPS) is 18.0. The molecule has 4 aromatic rings. The van der Waals surface area contributed by atoms with Crippen LogP contribution in [0.4, 0.5) is 5.69 Å². The molecule has 220 valence electrons. The third-order valence-electron chi connectivity index (χ3n) is 7.94. The number of rotatable bonds is 4. The average Bonchev–Trinajstić information content (AvgIpc) is 3.47. The van der Waals surface area contributed by atoms with Crippen LogP contribution in [0.25, 0.3) is 10.8 Å². The SMILES string of the molecule is CC(=O)Oc1ccc2c3c(ccc2c1)C1(OC(=O)c2ccc(C(=O)ON4C(=O)CCC4=O)cc21)c1ccc(N(C)C)cc1O3. The number of hydroxylamine groups is 2. The molecule has 1 saturated heterocycles. The van der Waals surface area contributed by atoms with Crippen LogP contribution in [0.15, 0.2) is 66.7 Å². The number of amides is 2. The maximum atomic E-state index is 13.5. The number of carbonyl (C=O) groups excluding carboxylic acids is 5. The van der Waals surface area contributed by atoms with Crippen molar-refractivity contribution in [2.24, 2.45) is 0 Å². The first-order valence-corrected chi connectivity index (χ1v) is 13.8. The molecule has 11 heteroatoms. The molecule has 7 rings (SSSR count). The van der Waals surface area contributed by atoms with Crippen molar-refractivity contribution in [3.05, 3.63) is 94.5 Å². The van der Waals surface area contributed by atoms with Gasteiger partial charge in [-0.05, 0) is 60.0 Å². The summed E-state index contributed by atoms with van der Waals surface area (Å²) in [6.45, 7) is 1.32. The standard InChI is InChI=1S/C33H24N2O9/c1-17(36)41-21-7-9-22-18(14-21)5-10-25-30(22)42-27-16-20(34(2)3)6-11-24(27)33(25)26-15-19(4-8-23(26)32(40)43-33)31(39)44-35-28(37)12-13-29(35)38/h4-11,14-16H,12-13H2,1-3H3. The van der Waals surface area contributed by atoms with E-state index in [1.165, 1.54) is 25.1 Å². The zero-order chi connectivity index (χ0) is 30.9. The first-order chi connectivity index (χ1) is 21.1. The maximum absolute atomic E-state index is 13.5. The number of hydrogen-bond donors (Lipinski definition) is 0. The van der Waals surface area contributed by atoms with Crippen molar-refractivity contribution < 1.29 is 43.0 Å². The molecule has 3 aliphatic rings. The number of nitrogens with zero attached hydrogens (tertiary/aromatic N) is 2. The molecule has 3 heterocycles. The van der Waals surface area contributed by atoms with E-state index in [1.807, 2.05) is 37.2 Å². The van der Waals surface area contributed by atoms with Crippen LogP contribution in [0.1, 0.15) is 57.2 Å². The van der Waals surface area contributed by atoms with Gasteiger partial charge in [-0.15, -0.1) is 5.06 Å². The van der Waals surface area contributed by atoms with E-state index >= 15 is 0 Å². The smallest absolute Gasteiger partial charge is 0.363 e. The van der Waals surface area contributed by atoms with Gasteiger partial charge in [0.05, 0.1) is 11.1 Å². The van der Waals surface area contributed by atoms with Crippen molar-refractivity contribution in [3.63, 3.8) is 0 Å². The first kappa shape index (κ1) is 27.1. The van der Waals surface area contributed by atoms with Gasteiger partial charge in [0, 0.05) is 67.7 Å². The van der Waals surface area contributed by atoms with Crippen molar-refractivity contribution in [3.8, 4) is 17.2 Å². The van der Waals surface area contributed by atoms with Crippen LogP contribution < -0.4 is 14.4 Å². The van der Waals surface area contributed by atoms with Gasteiger partial charge in [0.15, 0.2) is 5.60 Å². The van der Waals surface area contributed by atoms with Crippen molar-refractivity contribution in [1.29, 1.82) is 0 Å². The molecule has 1 unspecified atom stereocenters. The minimum Gasteiger partial charge on any atom is -0.456 e. The third kappa shape index (κ3) is 4.00. The van der Waals surface area contributed by atoms with Crippen LogP contribution in [0.3, 0.4) is 0 Å². The second-order valence-corrected chi connectivity index (χ2v) is 10.9. The van der Waals surface area contributed by atoms with Crippen LogP contribution in [0.5, 0.6) is 17.2 Å². The van der Waals surface area contributed by atoms with Crippen LogP contribution in [-0.4, -0.2) is 48.9 Å². The van der Waals surface area contributed by atoms with Crippen molar-refractivity contribution in [2.45, 2.75) is 25.4 Å². The van der Waals surface area contributed by atoms with Gasteiger partial charge in [0.2, 0.25) is 0 Å². The Morgan fingerprint density at radius 2 is 1.61 bits per heavy atom. The fraction of sp³-hybridized carbons (Fsp3) is 0.182. The van der Waals surface area contributed by atoms with E-state index in [0.29, 0.717) is 49.8 Å². The fourth-order valence-electron chi connectivity index (χ4n) is 5.90. The molecule has 0 aliphatic carbocycles. The lowest BCUT2D eigenvalue weighted by molar-refractivity contribution is -0.172. The largest absolute Gasteiger partial charge is 0.456 e. The van der Waals surface area contributed by atoms with E-state index in [-0.39, 0.29) is 24.0 Å². The molecule has 0 aromatic heterocycles. The zero-order valence-electron chi connectivity index (χ0n) is 23.8. The molecule has 1 spiro atoms. The minimum atomic E-state index is -1.52. The summed E-state index contributed by atoms with van der Waals surface area (Å²) in [4.78, 5) is 69.4. The molecular formula is C33H24N2O9. The van der Waals surface area contributed by atoms with Gasteiger partial charge in [-0.1, -0.05) is 6.07 Å². The summed E-state index contributed by atoms with van der Waals surface area (Å²) in [5.74, 6) is -1.99. The van der Waals surface area contributed by atoms with E-state index in [4.69, 9.17) is 19.0 Å². The van der Waals surface area contributed by atoms with Gasteiger partial charge in [-0.3, -0.25) is 14.4 Å². The monoisotopic (exact) mass is 592 g/mol. The van der Waals surface area contributed by atoms with E-state index < -0.39 is 35.3 Å². The molecule has 2 amide bonds. The van der Waals surface area contributed by atoms with Gasteiger partial charge in [0.1, 0.15) is 17.2 Å². The fourth-order valence-corrected chi connectivity index (χ4v) is 5.90. The summed E-state index contributed by atoms with van der Waals surface area (Å²) in [7, 11) is 3.78. The Labute approximate surface area is 250 Å². The highest BCUT2D eigenvalue weighted by Crippen LogP contribution is 2.58. The van der Waals surface area contributed by atoms with Gasteiger partial charge in [0.25, 0.3) is 11.8 Å². The number of carbonyl (C=O) groups is 5. The van der Waals surface area contributed by atoms with Gasteiger partial charge < -0.3 is 23.9 Å². The third-order valence-corrected chi connectivity index (χ3v) is 7.94. The minimum absolute atomic E-state index is 0.0141. The molecule has 0 N–H and O–H groups in total. The Bertz CT molecular complexity index is 1970. The van der Waals surface area contributed by atoms with Crippen LogP contribution in [-0.2, 0) is 29.6 Å². The molecule has 0 bridgehead atoms. The number of fused-ring (bicyclic) bond motifs is 8. The molecule has 1 atom stereocenters. The van der Waals surface area contributed by atoms with E-state index in [2.05, 4.69) is 0 Å². The number of imide groups is 1. The van der Waals surface area contributed by atoms with Crippen LogP contribution in [0, 0.1) is 0 Å². The predicted octanol–water partition coefficient (Wildman–Crippen LogP) is 4.62. The first-order valence-electron chi connectivity index (χ1n) is 13.8. The summed E-state index contributed by atoms with van der Waals surface area (Å²) in [6.07, 6.45) is -0.0822. The molecule has 0 radical (unpaired) electrons. The van der Waals surface area contributed by atoms with Crippen molar-refractivity contribution in [2.75, 3.05) is 19.0 Å². The van der Waals surface area contributed by atoms with Crippen molar-refractivity contribution in [1.82, 2.24) is 5.06 Å². The Balaban J connectivity index is 1.43. The quantitative estimate of drug-likeness (QED) is 0.188. The molecule has 1 fully saturated rings. The molecule has 4 aromatic carbocycles. The van der Waals surface area contributed by atoms with Gasteiger partial charge in [-0.25, -0.2) is 9.59 Å². The Morgan fingerprint density at radius 1 is 0.864 bits per heavy atom. The highest BCUT2D eigenvalue weighted by molar-refractivity contribution is 6.04. The summed E-state index contributed by atoms with van der Waals surface area (Å²) >= 11 is 0. The zero-order valence-corrected chi connectivity index (χ0v) is 23.8. The number of hydrogen-bond acceptors (Lipinski definition) is 10. The topological polar surface area (TPSA) is 129 Å². The molecule has 44 heavy (non-hydrogen) atoms. The lowest BCUT2D eigenvalue weighted by Crippen LogP contribution is -2.34. The Hall–Kier alpha value is -5.71. The van der Waals surface area contributed by atoms with Crippen molar-refractivity contribution >= 4 is 46.2 Å². The van der Waals surface area contributed by atoms with E-state index in [1.54, 1.807) is 30.3 Å². The van der Waals surface area contributed by atoms with E-state index in [9.17, 15) is 24.0 Å². The summed E-state index contributed by atoms with van der Waals surface area (Å²) < 4.78 is 18.1. The molecule has 3 aliphatic heterocycles. The van der Waals surface area contributed by atoms with Gasteiger partial charge >= 0.3 is 17.9 Å². The lowest BCUT2D eigenvalue weighted by Gasteiger charge is -2.37. The Morgan fingerprint density at radius 3 is 2.34 bits per heavy atom. The second kappa shape index (κ2) is 9.66. The summed E-state index contributed by atoms with van der Waals surface area (Å²) in [5.41, 5.74) is 0.984. The van der Waals surface area contributed by atoms with Crippen LogP contribution in [0.2, 0.25) is 0 Å². The average molecular weight is 593 g/mol. The summed E-state index contributed by atoms with van der Waals surface area (Å²) in [5, 5.41) is 1.86. The Kier molecular flexibility index (Phi) is 5.96. The maximum Gasteiger partial charge on any atom is 0.363 e. The number of esters is 2. The highest BCUT2D eigenvalue weighted by atomic mass is 16.7. The number of benzene rings is 4. The number of anilines is 1. The number of ether oxygens (including phenoxy) is 3. The second-order valence-electron chi connectivity index (χ2n) is 10.9. The van der Waals surface area contributed by atoms with E-state index in [0.717, 1.165) is 5.69 Å². The lowest BCUT2D eigenvalue weighted by atomic mass is 9.76. The predicted molar refractivity (Wildman–Crippen MR) is 154 cm³/mol. The van der Waals surface area contributed by atoms with Gasteiger partial charge in [-0.2, -0.15) is 0 Å². The molecular weight excluding hydrogens is 568 g/mol. The summed E-state index contributed by atoms with van der Waals surface area (Å²) in [6, 6.07) is 18.6. The molecule has 0 saturated carbocycles. The van der Waals surface area contributed by atoms with Crippen LogP contribution >= 0.6 is 0 Å². The molecule has 11 nitrogen and oxygen atoms in total. The highest BCUT2D eigenvalue weighted by Gasteiger charge is 2.54.